The van der Waals surface area contributed by atoms with Gasteiger partial charge >= 0.3 is 0 Å². The van der Waals surface area contributed by atoms with Crippen molar-refractivity contribution in [2.75, 3.05) is 24.8 Å². The van der Waals surface area contributed by atoms with E-state index in [1.807, 2.05) is 0 Å². The molecule has 12 heavy (non-hydrogen) atoms. The quantitative estimate of drug-likeness (QED) is 0.461. The minimum absolute atomic E-state index is 0.0479. The van der Waals surface area contributed by atoms with Crippen molar-refractivity contribution in [2.24, 2.45) is 0 Å². The van der Waals surface area contributed by atoms with Gasteiger partial charge in [-0.15, -0.1) is 11.6 Å². The van der Waals surface area contributed by atoms with Crippen molar-refractivity contribution in [1.29, 1.82) is 0 Å². The van der Waals surface area contributed by atoms with Gasteiger partial charge in [0.15, 0.2) is 0 Å². The zero-order chi connectivity index (χ0) is 9.45. The van der Waals surface area contributed by atoms with Crippen LogP contribution in [-0.4, -0.2) is 38.3 Å². The van der Waals surface area contributed by atoms with Crippen molar-refractivity contribution in [1.82, 2.24) is 4.72 Å². The Morgan fingerprint density at radius 2 is 2.00 bits per heavy atom. The van der Waals surface area contributed by atoms with Crippen molar-refractivity contribution in [3.63, 3.8) is 0 Å². The normalized spacial score (nSPS) is 11.8. The van der Waals surface area contributed by atoms with Crippen LogP contribution >= 0.6 is 11.6 Å². The highest BCUT2D eigenvalue weighted by atomic mass is 35.5. The monoisotopic (exact) mass is 215 g/mol. The molecule has 74 valence electrons. The van der Waals surface area contributed by atoms with Crippen LogP contribution in [0.25, 0.3) is 0 Å². The minimum atomic E-state index is -3.18. The number of halogens is 1. The predicted molar refractivity (Wildman–Crippen MR) is 48.8 cm³/mol. The number of hydrogen-bond acceptors (Lipinski definition) is 3. The topological polar surface area (TPSA) is 66.4 Å². The molecule has 0 heterocycles. The lowest BCUT2D eigenvalue weighted by Gasteiger charge is -2.03. The number of sulfonamides is 1. The van der Waals surface area contributed by atoms with Gasteiger partial charge in [-0.3, -0.25) is 0 Å². The first kappa shape index (κ1) is 12.2. The Morgan fingerprint density at radius 3 is 2.50 bits per heavy atom. The molecule has 0 aromatic carbocycles. The molecule has 0 aliphatic rings. The highest BCUT2D eigenvalue weighted by Crippen LogP contribution is 1.89. The molecule has 0 aliphatic carbocycles. The van der Waals surface area contributed by atoms with Crippen LogP contribution in [-0.2, 0) is 10.0 Å². The number of nitrogens with one attached hydrogen (secondary N) is 1. The fourth-order valence-electron chi connectivity index (χ4n) is 0.638. The summed E-state index contributed by atoms with van der Waals surface area (Å²) in [7, 11) is -3.18. The maximum atomic E-state index is 10.9. The van der Waals surface area contributed by atoms with Gasteiger partial charge in [0.05, 0.1) is 5.75 Å². The van der Waals surface area contributed by atoms with Gasteiger partial charge in [-0.1, -0.05) is 0 Å². The Kier molecular flexibility index (Phi) is 6.74. The second-order valence-electron chi connectivity index (χ2n) is 2.33. The number of hydrogen-bond donors (Lipinski definition) is 2. The summed E-state index contributed by atoms with van der Waals surface area (Å²) in [6, 6.07) is 0. The van der Waals surface area contributed by atoms with Crippen molar-refractivity contribution in [3.8, 4) is 0 Å². The first-order valence-corrected chi connectivity index (χ1v) is 5.95. The van der Waals surface area contributed by atoms with Crippen molar-refractivity contribution < 1.29 is 13.5 Å². The standard InChI is InChI=1S/C6H14ClNO3S/c7-3-6-12(10,11)8-4-1-2-5-9/h8-9H,1-6H2. The maximum Gasteiger partial charge on any atom is 0.212 e. The van der Waals surface area contributed by atoms with Gasteiger partial charge in [0, 0.05) is 19.0 Å². The van der Waals surface area contributed by atoms with Gasteiger partial charge in [0.2, 0.25) is 10.0 Å². The van der Waals surface area contributed by atoms with E-state index in [1.54, 1.807) is 0 Å². The van der Waals surface area contributed by atoms with Crippen LogP contribution in [0.15, 0.2) is 0 Å². The maximum absolute atomic E-state index is 10.9. The third-order valence-electron chi connectivity index (χ3n) is 1.25. The molecule has 0 atom stereocenters. The summed E-state index contributed by atoms with van der Waals surface area (Å²) >= 11 is 5.27. The van der Waals surface area contributed by atoms with E-state index in [9.17, 15) is 8.42 Å². The van der Waals surface area contributed by atoms with Gasteiger partial charge in [-0.25, -0.2) is 13.1 Å². The fraction of sp³-hybridized carbons (Fsp3) is 1.00. The van der Waals surface area contributed by atoms with Crippen molar-refractivity contribution >= 4 is 21.6 Å². The van der Waals surface area contributed by atoms with Crippen LogP contribution in [0.1, 0.15) is 12.8 Å². The second kappa shape index (κ2) is 6.65. The average Bonchev–Trinajstić information content (AvgIpc) is 1.98. The molecule has 0 saturated carbocycles. The van der Waals surface area contributed by atoms with Crippen LogP contribution in [0, 0.1) is 0 Å². The molecule has 0 amide bonds. The van der Waals surface area contributed by atoms with E-state index < -0.39 is 10.0 Å². The number of aliphatic hydroxyl groups excluding tert-OH is 1. The van der Waals surface area contributed by atoms with E-state index in [0.29, 0.717) is 19.4 Å². The van der Waals surface area contributed by atoms with E-state index in [2.05, 4.69) is 4.72 Å². The summed E-state index contributed by atoms with van der Waals surface area (Å²) in [4.78, 5) is 0. The van der Waals surface area contributed by atoms with Crippen LogP contribution < -0.4 is 4.72 Å². The summed E-state index contributed by atoms with van der Waals surface area (Å²) in [5.41, 5.74) is 0. The molecule has 6 heteroatoms. The molecular weight excluding hydrogens is 202 g/mol. The van der Waals surface area contributed by atoms with Gasteiger partial charge in [0.1, 0.15) is 0 Å². The summed E-state index contributed by atoms with van der Waals surface area (Å²) in [6.45, 7) is 0.469. The Labute approximate surface area is 78.0 Å². The summed E-state index contributed by atoms with van der Waals surface area (Å²) < 4.78 is 24.2. The van der Waals surface area contributed by atoms with E-state index >= 15 is 0 Å². The van der Waals surface area contributed by atoms with Crippen molar-refractivity contribution in [2.45, 2.75) is 12.8 Å². The van der Waals surface area contributed by atoms with E-state index in [-0.39, 0.29) is 18.2 Å². The molecule has 2 N–H and O–H groups in total. The molecule has 0 aromatic rings. The first-order valence-electron chi connectivity index (χ1n) is 3.76. The van der Waals surface area contributed by atoms with E-state index in [0.717, 1.165) is 0 Å². The molecule has 0 rings (SSSR count). The number of alkyl halides is 1. The highest BCUT2D eigenvalue weighted by Gasteiger charge is 2.06. The molecule has 0 saturated heterocycles. The summed E-state index contributed by atoms with van der Waals surface area (Å²) in [6.07, 6.45) is 1.27. The minimum Gasteiger partial charge on any atom is -0.396 e. The lowest BCUT2D eigenvalue weighted by Crippen LogP contribution is -2.28. The number of unbranched alkanes of at least 4 members (excludes halogenated alkanes) is 1. The SMILES string of the molecule is O=S(=O)(CCCl)NCCCCO. The number of rotatable bonds is 7. The molecule has 0 fully saturated rings. The molecule has 4 nitrogen and oxygen atoms in total. The van der Waals surface area contributed by atoms with E-state index in [1.165, 1.54) is 0 Å². The number of aliphatic hydroxyl groups is 1. The molecule has 0 aliphatic heterocycles. The van der Waals surface area contributed by atoms with Crippen LogP contribution in [0.2, 0.25) is 0 Å². The Morgan fingerprint density at radius 1 is 1.33 bits per heavy atom. The molecule has 0 radical (unpaired) electrons. The van der Waals surface area contributed by atoms with Gasteiger partial charge in [-0.2, -0.15) is 0 Å². The third-order valence-corrected chi connectivity index (χ3v) is 3.05. The van der Waals surface area contributed by atoms with E-state index in [4.69, 9.17) is 16.7 Å². The zero-order valence-electron chi connectivity index (χ0n) is 6.79. The molecule has 0 unspecified atom stereocenters. The first-order chi connectivity index (χ1) is 5.62. The van der Waals surface area contributed by atoms with Gasteiger partial charge < -0.3 is 5.11 Å². The highest BCUT2D eigenvalue weighted by molar-refractivity contribution is 7.89. The smallest absolute Gasteiger partial charge is 0.212 e. The lowest BCUT2D eigenvalue weighted by molar-refractivity contribution is 0.285. The zero-order valence-corrected chi connectivity index (χ0v) is 8.36. The average molecular weight is 216 g/mol. The Balaban J connectivity index is 3.48. The molecule has 0 spiro atoms. The van der Waals surface area contributed by atoms with Crippen LogP contribution in [0.5, 0.6) is 0 Å². The molecular formula is C6H14ClNO3S. The summed E-state index contributed by atoms with van der Waals surface area (Å²) in [5, 5.41) is 8.40. The third kappa shape index (κ3) is 6.84. The molecule has 0 bridgehead atoms. The van der Waals surface area contributed by atoms with Crippen molar-refractivity contribution in [3.05, 3.63) is 0 Å². The van der Waals surface area contributed by atoms with Gasteiger partial charge in [0.25, 0.3) is 0 Å². The van der Waals surface area contributed by atoms with Gasteiger partial charge in [-0.05, 0) is 12.8 Å². The predicted octanol–water partition coefficient (Wildman–Crippen LogP) is -0.0829. The Hall–Kier alpha value is 0.160. The molecule has 0 aromatic heterocycles. The second-order valence-corrected chi connectivity index (χ2v) is 4.64. The Bertz CT molecular complexity index is 193. The lowest BCUT2D eigenvalue weighted by atomic mass is 10.3. The summed E-state index contributed by atoms with van der Waals surface area (Å²) in [5.74, 6) is 0.0585. The fourth-order valence-corrected chi connectivity index (χ4v) is 2.05. The van der Waals surface area contributed by atoms with Crippen LogP contribution in [0.4, 0.5) is 0 Å². The van der Waals surface area contributed by atoms with Crippen LogP contribution in [0.3, 0.4) is 0 Å². The largest absolute Gasteiger partial charge is 0.396 e.